The molecular weight excluding hydrogens is 510 g/mol. The first-order valence-corrected chi connectivity index (χ1v) is 13.4. The first-order valence-electron chi connectivity index (χ1n) is 12.2. The van der Waals surface area contributed by atoms with E-state index in [2.05, 4.69) is 15.2 Å². The minimum absolute atomic E-state index is 0.607. The third-order valence-electron chi connectivity index (χ3n) is 6.23. The summed E-state index contributed by atoms with van der Waals surface area (Å²) in [5, 5.41) is 14.9. The second-order valence-electron chi connectivity index (χ2n) is 10.1. The molecule has 10 heteroatoms. The molecule has 1 atom stereocenters. The molecule has 5 rings (SSSR count). The molecule has 8 nitrogen and oxygen atoms in total. The Morgan fingerprint density at radius 1 is 1.19 bits per heavy atom. The number of aromatic amines is 1. The van der Waals surface area contributed by atoms with Crippen LogP contribution in [-0.4, -0.2) is 57.8 Å². The Morgan fingerprint density at radius 3 is 2.54 bits per heavy atom. The van der Waals surface area contributed by atoms with Crippen molar-refractivity contribution in [3.8, 4) is 22.0 Å². The number of piperazine rings is 1. The largest absolute Gasteiger partial charge is 0.479 e. The van der Waals surface area contributed by atoms with Crippen molar-refractivity contribution < 1.29 is 14.6 Å². The molecule has 3 N–H and O–H groups in total. The Hall–Kier alpha value is -2.98. The van der Waals surface area contributed by atoms with E-state index in [1.54, 1.807) is 0 Å². The monoisotopic (exact) mass is 539 g/mol. The van der Waals surface area contributed by atoms with E-state index in [1.165, 1.54) is 11.3 Å². The molecule has 0 aliphatic carbocycles. The van der Waals surface area contributed by atoms with Crippen LogP contribution < -0.4 is 10.2 Å². The van der Waals surface area contributed by atoms with Crippen LogP contribution in [0, 0.1) is 6.92 Å². The number of anilines is 1. The van der Waals surface area contributed by atoms with Crippen LogP contribution in [0.15, 0.2) is 36.5 Å². The number of hydrogen-bond acceptors (Lipinski definition) is 7. The van der Waals surface area contributed by atoms with Gasteiger partial charge in [-0.2, -0.15) is 0 Å². The van der Waals surface area contributed by atoms with Gasteiger partial charge in [0.1, 0.15) is 5.82 Å². The lowest BCUT2D eigenvalue weighted by Crippen LogP contribution is -2.43. The Bertz CT molecular complexity index is 1440. The van der Waals surface area contributed by atoms with Gasteiger partial charge in [-0.25, -0.2) is 14.8 Å². The molecule has 0 amide bonds. The number of H-pyrrole nitrogens is 1. The molecule has 0 radical (unpaired) electrons. The van der Waals surface area contributed by atoms with Gasteiger partial charge in [-0.1, -0.05) is 23.7 Å². The van der Waals surface area contributed by atoms with Crippen molar-refractivity contribution in [1.29, 1.82) is 0 Å². The maximum Gasteiger partial charge on any atom is 0.337 e. The second-order valence-corrected chi connectivity index (χ2v) is 11.6. The smallest absolute Gasteiger partial charge is 0.337 e. The lowest BCUT2D eigenvalue weighted by Gasteiger charge is -2.28. The van der Waals surface area contributed by atoms with Gasteiger partial charge in [0.05, 0.1) is 15.8 Å². The highest BCUT2D eigenvalue weighted by Gasteiger charge is 2.32. The predicted molar refractivity (Wildman–Crippen MR) is 149 cm³/mol. The van der Waals surface area contributed by atoms with Crippen molar-refractivity contribution in [2.24, 2.45) is 0 Å². The highest BCUT2D eigenvalue weighted by atomic mass is 35.5. The minimum Gasteiger partial charge on any atom is -0.479 e. The van der Waals surface area contributed by atoms with Crippen LogP contribution in [0.1, 0.15) is 38.0 Å². The predicted octanol–water partition coefficient (Wildman–Crippen LogP) is 5.67. The van der Waals surface area contributed by atoms with E-state index < -0.39 is 17.7 Å². The molecule has 0 spiro atoms. The summed E-state index contributed by atoms with van der Waals surface area (Å²) in [5.41, 5.74) is 3.19. The topological polar surface area (TPSA) is 103 Å². The zero-order valence-corrected chi connectivity index (χ0v) is 22.8. The van der Waals surface area contributed by atoms with Crippen molar-refractivity contribution in [2.45, 2.75) is 39.4 Å². The highest BCUT2D eigenvalue weighted by molar-refractivity contribution is 7.22. The Kier molecular flexibility index (Phi) is 6.97. The number of aliphatic carboxylic acids is 1. The Morgan fingerprint density at radius 2 is 1.89 bits per heavy atom. The fourth-order valence-electron chi connectivity index (χ4n) is 4.62. The molecule has 2 aromatic heterocycles. The highest BCUT2D eigenvalue weighted by Crippen LogP contribution is 2.44. The van der Waals surface area contributed by atoms with Crippen LogP contribution >= 0.6 is 22.9 Å². The number of rotatable bonds is 6. The van der Waals surface area contributed by atoms with Gasteiger partial charge in [0.2, 0.25) is 0 Å². The van der Waals surface area contributed by atoms with Crippen LogP contribution in [0.5, 0.6) is 0 Å². The molecule has 3 heterocycles. The molecule has 0 saturated carbocycles. The van der Waals surface area contributed by atoms with Crippen LogP contribution in [0.25, 0.3) is 32.2 Å². The van der Waals surface area contributed by atoms with E-state index in [0.717, 1.165) is 63.9 Å². The number of fused-ring (bicyclic) bond motifs is 1. The zero-order chi connectivity index (χ0) is 26.3. The van der Waals surface area contributed by atoms with E-state index in [4.69, 9.17) is 26.3 Å². The number of ether oxygens (including phenoxy) is 1. The van der Waals surface area contributed by atoms with E-state index in [1.807, 2.05) is 64.2 Å². The lowest BCUT2D eigenvalue weighted by atomic mass is 9.91. The number of aryl methyl sites for hydroxylation is 1. The third-order valence-corrected chi connectivity index (χ3v) is 7.57. The van der Waals surface area contributed by atoms with Crippen molar-refractivity contribution >= 4 is 44.9 Å². The summed E-state index contributed by atoms with van der Waals surface area (Å²) in [6.07, 6.45) is 0.768. The SMILES string of the molecule is Cc1cc2nc(-c3nc(N4CCNCC4)c[nH]3)sc2c(-c2ccc(Cl)cc2)c1[C@H](OC(C)(C)C)C(=O)O. The first kappa shape index (κ1) is 25.7. The number of benzene rings is 2. The maximum atomic E-state index is 12.5. The van der Waals surface area contributed by atoms with Crippen LogP contribution in [-0.2, 0) is 9.53 Å². The molecule has 194 valence electrons. The normalized spacial score (nSPS) is 15.3. The number of thiazole rings is 1. The van der Waals surface area contributed by atoms with Gasteiger partial charge in [0.15, 0.2) is 16.9 Å². The van der Waals surface area contributed by atoms with Gasteiger partial charge in [-0.15, -0.1) is 11.3 Å². The molecule has 2 aromatic carbocycles. The summed E-state index contributed by atoms with van der Waals surface area (Å²) in [6, 6.07) is 9.37. The Labute approximate surface area is 224 Å². The van der Waals surface area contributed by atoms with Crippen molar-refractivity contribution in [3.05, 3.63) is 52.7 Å². The summed E-state index contributed by atoms with van der Waals surface area (Å²) < 4.78 is 6.97. The Balaban J connectivity index is 1.68. The summed E-state index contributed by atoms with van der Waals surface area (Å²) in [4.78, 5) is 27.8. The van der Waals surface area contributed by atoms with Gasteiger partial charge in [0, 0.05) is 48.5 Å². The number of carbonyl (C=O) groups is 1. The van der Waals surface area contributed by atoms with Gasteiger partial charge in [-0.05, 0) is 57.0 Å². The van der Waals surface area contributed by atoms with Crippen molar-refractivity contribution in [3.63, 3.8) is 0 Å². The number of carboxylic acids is 1. The van der Waals surface area contributed by atoms with Gasteiger partial charge in [-0.3, -0.25) is 0 Å². The van der Waals surface area contributed by atoms with E-state index in [9.17, 15) is 9.90 Å². The molecule has 0 bridgehead atoms. The van der Waals surface area contributed by atoms with Crippen molar-refractivity contribution in [2.75, 3.05) is 31.1 Å². The second kappa shape index (κ2) is 10.1. The minimum atomic E-state index is -1.15. The maximum absolute atomic E-state index is 12.5. The van der Waals surface area contributed by atoms with Crippen molar-refractivity contribution in [1.82, 2.24) is 20.3 Å². The molecule has 4 aromatic rings. The standard InChI is InChI=1S/C27H30ClN5O3S/c1-15-13-18-23(37-25(31-18)24-30-14-19(32-24)33-11-9-29-10-12-33)21(16-5-7-17(28)8-6-16)20(15)22(26(34)35)36-27(2,3)4/h5-8,13-14,22,29H,9-12H2,1-4H3,(H,30,32)(H,34,35)/t22-/m0/s1. The van der Waals surface area contributed by atoms with E-state index >= 15 is 0 Å². The van der Waals surface area contributed by atoms with Crippen LogP contribution in [0.3, 0.4) is 0 Å². The number of carboxylic acid groups (broad SMARTS) is 1. The zero-order valence-electron chi connectivity index (χ0n) is 21.3. The first-order chi connectivity index (χ1) is 17.6. The average Bonchev–Trinajstić information content (AvgIpc) is 3.50. The number of hydrogen-bond donors (Lipinski definition) is 3. The molecule has 37 heavy (non-hydrogen) atoms. The number of nitrogens with one attached hydrogen (secondary N) is 2. The number of imidazole rings is 1. The fourth-order valence-corrected chi connectivity index (χ4v) is 5.82. The summed E-state index contributed by atoms with van der Waals surface area (Å²) in [6.45, 7) is 11.1. The van der Waals surface area contributed by atoms with Gasteiger partial charge < -0.3 is 25.0 Å². The van der Waals surface area contributed by atoms with Gasteiger partial charge >= 0.3 is 5.97 Å². The average molecular weight is 540 g/mol. The fraction of sp³-hybridized carbons (Fsp3) is 0.370. The molecular formula is C27H30ClN5O3S. The molecule has 1 aliphatic heterocycles. The number of halogens is 1. The number of aromatic nitrogens is 3. The molecule has 1 saturated heterocycles. The number of nitrogens with zero attached hydrogens (tertiary/aromatic N) is 3. The molecule has 1 fully saturated rings. The van der Waals surface area contributed by atoms with Gasteiger partial charge in [0.25, 0.3) is 0 Å². The van der Waals surface area contributed by atoms with E-state index in [-0.39, 0.29) is 0 Å². The quantitative estimate of drug-likeness (QED) is 0.290. The van der Waals surface area contributed by atoms with Crippen LogP contribution in [0.4, 0.5) is 5.82 Å². The molecule has 1 aliphatic rings. The molecule has 0 unspecified atom stereocenters. The summed E-state index contributed by atoms with van der Waals surface area (Å²) >= 11 is 7.68. The summed E-state index contributed by atoms with van der Waals surface area (Å²) in [5.74, 6) is 0.552. The summed E-state index contributed by atoms with van der Waals surface area (Å²) in [7, 11) is 0. The van der Waals surface area contributed by atoms with E-state index in [0.29, 0.717) is 16.4 Å². The lowest BCUT2D eigenvalue weighted by molar-refractivity contribution is -0.160. The van der Waals surface area contributed by atoms with Crippen LogP contribution in [0.2, 0.25) is 5.02 Å². The third kappa shape index (κ3) is 5.36.